The Bertz CT molecular complexity index is 244. The first-order chi connectivity index (χ1) is 7.08. The Balaban J connectivity index is 1.94. The van der Waals surface area contributed by atoms with Crippen LogP contribution in [0.15, 0.2) is 0 Å². The first kappa shape index (κ1) is 10.9. The van der Waals surface area contributed by atoms with Gasteiger partial charge in [-0.15, -0.1) is 0 Å². The van der Waals surface area contributed by atoms with Crippen molar-refractivity contribution in [1.82, 2.24) is 10.2 Å². The van der Waals surface area contributed by atoms with Gasteiger partial charge >= 0.3 is 0 Å². The van der Waals surface area contributed by atoms with Gasteiger partial charge in [0.15, 0.2) is 0 Å². The summed E-state index contributed by atoms with van der Waals surface area (Å²) in [4.78, 5) is 14.2. The van der Waals surface area contributed by atoms with Gasteiger partial charge in [-0.05, 0) is 37.6 Å². The van der Waals surface area contributed by atoms with Gasteiger partial charge in [-0.2, -0.15) is 0 Å². The maximum absolute atomic E-state index is 12.2. The molecule has 3 heteroatoms. The van der Waals surface area contributed by atoms with Gasteiger partial charge in [0, 0.05) is 13.1 Å². The molecule has 0 aromatic rings. The van der Waals surface area contributed by atoms with Crippen LogP contribution in [-0.4, -0.2) is 36.5 Å². The van der Waals surface area contributed by atoms with Crippen LogP contribution >= 0.6 is 0 Å². The van der Waals surface area contributed by atoms with Gasteiger partial charge in [-0.3, -0.25) is 4.79 Å². The molecule has 1 amide bonds. The van der Waals surface area contributed by atoms with Gasteiger partial charge in [0.05, 0.1) is 6.04 Å². The second-order valence-corrected chi connectivity index (χ2v) is 5.66. The Hall–Kier alpha value is -0.570. The van der Waals surface area contributed by atoms with Crippen LogP contribution in [0.1, 0.15) is 39.5 Å². The minimum absolute atomic E-state index is 0.0758. The molecule has 3 nitrogen and oxygen atoms in total. The molecule has 0 aliphatic carbocycles. The van der Waals surface area contributed by atoms with Crippen LogP contribution in [0.4, 0.5) is 0 Å². The van der Waals surface area contributed by atoms with Crippen LogP contribution in [0.2, 0.25) is 0 Å². The number of likely N-dealkylation sites (tertiary alicyclic amines) is 1. The molecular weight excluding hydrogens is 188 g/mol. The van der Waals surface area contributed by atoms with E-state index in [9.17, 15) is 4.79 Å². The topological polar surface area (TPSA) is 32.3 Å². The molecule has 2 heterocycles. The number of carbonyl (C=O) groups excluding carboxylic acids is 1. The zero-order valence-electron chi connectivity index (χ0n) is 9.88. The summed E-state index contributed by atoms with van der Waals surface area (Å²) in [6.07, 6.45) is 4.53. The van der Waals surface area contributed by atoms with Crippen molar-refractivity contribution in [2.24, 2.45) is 5.41 Å². The molecule has 0 aromatic carbocycles. The first-order valence-corrected chi connectivity index (χ1v) is 6.11. The zero-order valence-corrected chi connectivity index (χ0v) is 9.88. The zero-order chi connectivity index (χ0) is 10.9. The molecule has 2 fully saturated rings. The number of nitrogens with zero attached hydrogens (tertiary/aromatic N) is 1. The molecule has 15 heavy (non-hydrogen) atoms. The largest absolute Gasteiger partial charge is 0.341 e. The monoisotopic (exact) mass is 210 g/mol. The normalized spacial score (nSPS) is 30.5. The van der Waals surface area contributed by atoms with Crippen LogP contribution in [0.25, 0.3) is 0 Å². The Morgan fingerprint density at radius 2 is 2.00 bits per heavy atom. The van der Waals surface area contributed by atoms with E-state index in [4.69, 9.17) is 0 Å². The lowest BCUT2D eigenvalue weighted by Crippen LogP contribution is -2.51. The molecule has 1 N–H and O–H groups in total. The molecule has 0 radical (unpaired) electrons. The van der Waals surface area contributed by atoms with Gasteiger partial charge in [0.2, 0.25) is 5.91 Å². The smallest absolute Gasteiger partial charge is 0.239 e. The molecule has 0 bridgehead atoms. The predicted molar refractivity (Wildman–Crippen MR) is 60.6 cm³/mol. The maximum Gasteiger partial charge on any atom is 0.239 e. The summed E-state index contributed by atoms with van der Waals surface area (Å²) < 4.78 is 0. The van der Waals surface area contributed by atoms with Crippen LogP contribution < -0.4 is 5.32 Å². The average Bonchev–Trinajstić information content (AvgIpc) is 2.67. The summed E-state index contributed by atoms with van der Waals surface area (Å²) in [7, 11) is 0. The summed E-state index contributed by atoms with van der Waals surface area (Å²) in [5.41, 5.74) is 0.325. The average molecular weight is 210 g/mol. The van der Waals surface area contributed by atoms with Crippen molar-refractivity contribution in [2.75, 3.05) is 19.6 Å². The van der Waals surface area contributed by atoms with E-state index in [1.165, 1.54) is 19.3 Å². The van der Waals surface area contributed by atoms with E-state index in [0.29, 0.717) is 11.3 Å². The van der Waals surface area contributed by atoms with Crippen molar-refractivity contribution in [1.29, 1.82) is 0 Å². The van der Waals surface area contributed by atoms with Gasteiger partial charge in [-0.1, -0.05) is 13.8 Å². The second-order valence-electron chi connectivity index (χ2n) is 5.66. The highest BCUT2D eigenvalue weighted by Gasteiger charge is 2.34. The molecule has 2 rings (SSSR count). The SMILES string of the molecule is CC1(C)CCNC(C(=O)N2CCCC2)C1. The highest BCUT2D eigenvalue weighted by atomic mass is 16.2. The fourth-order valence-corrected chi connectivity index (χ4v) is 2.64. The molecule has 0 saturated carbocycles. The number of hydrogen-bond donors (Lipinski definition) is 1. The molecule has 1 unspecified atom stereocenters. The number of amides is 1. The van der Waals surface area contributed by atoms with Gasteiger partial charge in [-0.25, -0.2) is 0 Å². The summed E-state index contributed by atoms with van der Waals surface area (Å²) in [5, 5.41) is 3.36. The quantitative estimate of drug-likeness (QED) is 0.709. The molecule has 2 aliphatic rings. The molecule has 2 saturated heterocycles. The van der Waals surface area contributed by atoms with Gasteiger partial charge < -0.3 is 10.2 Å². The maximum atomic E-state index is 12.2. The van der Waals surface area contributed by atoms with E-state index in [1.54, 1.807) is 0 Å². The number of rotatable bonds is 1. The standard InChI is InChI=1S/C12H22N2O/c1-12(2)5-6-13-10(9-12)11(15)14-7-3-4-8-14/h10,13H,3-9H2,1-2H3. The highest BCUT2D eigenvalue weighted by molar-refractivity contribution is 5.82. The lowest BCUT2D eigenvalue weighted by atomic mass is 9.79. The highest BCUT2D eigenvalue weighted by Crippen LogP contribution is 2.30. The van der Waals surface area contributed by atoms with Crippen LogP contribution in [0.3, 0.4) is 0 Å². The van der Waals surface area contributed by atoms with E-state index in [0.717, 1.165) is 26.1 Å². The fraction of sp³-hybridized carbons (Fsp3) is 0.917. The molecule has 2 aliphatic heterocycles. The third-order valence-corrected chi connectivity index (χ3v) is 3.67. The van der Waals surface area contributed by atoms with E-state index in [2.05, 4.69) is 19.2 Å². The molecule has 0 spiro atoms. The summed E-state index contributed by atoms with van der Waals surface area (Å²) in [5.74, 6) is 0.334. The van der Waals surface area contributed by atoms with E-state index in [-0.39, 0.29) is 6.04 Å². The third-order valence-electron chi connectivity index (χ3n) is 3.67. The lowest BCUT2D eigenvalue weighted by molar-refractivity contribution is -0.133. The first-order valence-electron chi connectivity index (χ1n) is 6.11. The number of carbonyl (C=O) groups is 1. The van der Waals surface area contributed by atoms with E-state index >= 15 is 0 Å². The molecule has 0 aromatic heterocycles. The Kier molecular flexibility index (Phi) is 3.01. The summed E-state index contributed by atoms with van der Waals surface area (Å²) >= 11 is 0. The van der Waals surface area contributed by atoms with Crippen LogP contribution in [-0.2, 0) is 4.79 Å². The minimum Gasteiger partial charge on any atom is -0.341 e. The number of nitrogens with one attached hydrogen (secondary N) is 1. The third kappa shape index (κ3) is 2.51. The van der Waals surface area contributed by atoms with Crippen molar-refractivity contribution in [3.8, 4) is 0 Å². The van der Waals surface area contributed by atoms with Gasteiger partial charge in [0.25, 0.3) is 0 Å². The summed E-state index contributed by atoms with van der Waals surface area (Å²) in [6.45, 7) is 7.45. The van der Waals surface area contributed by atoms with Crippen molar-refractivity contribution < 1.29 is 4.79 Å². The van der Waals surface area contributed by atoms with Crippen LogP contribution in [0.5, 0.6) is 0 Å². The van der Waals surface area contributed by atoms with Crippen LogP contribution in [0, 0.1) is 5.41 Å². The van der Waals surface area contributed by atoms with E-state index < -0.39 is 0 Å². The van der Waals surface area contributed by atoms with Crippen molar-refractivity contribution in [2.45, 2.75) is 45.6 Å². The van der Waals surface area contributed by atoms with Gasteiger partial charge in [0.1, 0.15) is 0 Å². The van der Waals surface area contributed by atoms with Crippen molar-refractivity contribution in [3.63, 3.8) is 0 Å². The number of piperidine rings is 1. The van der Waals surface area contributed by atoms with Crippen molar-refractivity contribution in [3.05, 3.63) is 0 Å². The Morgan fingerprint density at radius 1 is 1.33 bits per heavy atom. The molecule has 1 atom stereocenters. The molecular formula is C12H22N2O. The second kappa shape index (κ2) is 4.12. The Labute approximate surface area is 92.2 Å². The Morgan fingerprint density at radius 3 is 2.60 bits per heavy atom. The number of hydrogen-bond acceptors (Lipinski definition) is 2. The lowest BCUT2D eigenvalue weighted by Gasteiger charge is -2.36. The van der Waals surface area contributed by atoms with E-state index in [1.807, 2.05) is 4.90 Å². The summed E-state index contributed by atoms with van der Waals surface area (Å²) in [6, 6.07) is 0.0758. The molecule has 86 valence electrons. The van der Waals surface area contributed by atoms with Crippen molar-refractivity contribution >= 4 is 5.91 Å². The predicted octanol–water partition coefficient (Wildman–Crippen LogP) is 1.39. The fourth-order valence-electron chi connectivity index (χ4n) is 2.64. The minimum atomic E-state index is 0.0758.